The van der Waals surface area contributed by atoms with Crippen LogP contribution < -0.4 is 15.6 Å². The molecule has 0 fully saturated rings. The zero-order valence-corrected chi connectivity index (χ0v) is 16.0. The molecular formula is C9H9Cl4N3O6S2. The fraction of sp³-hybridized carbons (Fsp3) is 0.222. The fourth-order valence-corrected chi connectivity index (χ4v) is 3.42. The monoisotopic (exact) mass is 459 g/mol. The highest BCUT2D eigenvalue weighted by molar-refractivity contribution is 7.90. The van der Waals surface area contributed by atoms with Crippen molar-refractivity contribution >= 4 is 78.2 Å². The number of halogens is 4. The molecule has 0 radical (unpaired) electrons. The summed E-state index contributed by atoms with van der Waals surface area (Å²) in [6, 6.07) is 1.41. The van der Waals surface area contributed by atoms with Crippen LogP contribution in [-0.4, -0.2) is 33.3 Å². The average Bonchev–Trinajstić information content (AvgIpc) is 2.32. The topological polar surface area (TPSA) is 159 Å². The summed E-state index contributed by atoms with van der Waals surface area (Å²) < 4.78 is 48.6. The van der Waals surface area contributed by atoms with Gasteiger partial charge in [-0.1, -0.05) is 46.4 Å². The van der Waals surface area contributed by atoms with E-state index in [-0.39, 0.29) is 0 Å². The largest absolute Gasteiger partial charge is 0.445 e. The van der Waals surface area contributed by atoms with Crippen molar-refractivity contribution in [2.45, 2.75) is 13.6 Å². The van der Waals surface area contributed by atoms with E-state index in [1.165, 1.54) is 0 Å². The van der Waals surface area contributed by atoms with E-state index in [2.05, 4.69) is 4.74 Å². The van der Waals surface area contributed by atoms with E-state index in [1.807, 2.05) is 5.32 Å². The van der Waals surface area contributed by atoms with Crippen LogP contribution in [0, 0.1) is 0 Å². The van der Waals surface area contributed by atoms with Gasteiger partial charge in [0.15, 0.2) is 0 Å². The summed E-state index contributed by atoms with van der Waals surface area (Å²) in [4.78, 5) is 10.1. The number of amides is 1. The maximum Gasteiger partial charge on any atom is 0.411 e. The Labute approximate surface area is 157 Å². The molecular weight excluding hydrogens is 452 g/mol. The molecule has 0 aliphatic heterocycles. The summed E-state index contributed by atoms with van der Waals surface area (Å²) in [7, 11) is -8.79. The molecule has 0 saturated carbocycles. The molecule has 1 aromatic rings. The van der Waals surface area contributed by atoms with Crippen LogP contribution in [0.4, 0.5) is 10.5 Å². The molecule has 136 valence electrons. The van der Waals surface area contributed by atoms with Crippen molar-refractivity contribution in [2.75, 3.05) is 11.9 Å². The molecule has 0 spiro atoms. The highest BCUT2D eigenvalue weighted by Crippen LogP contribution is 2.31. The lowest BCUT2D eigenvalue weighted by Crippen LogP contribution is -2.23. The number of primary sulfonamides is 2. The second-order valence-corrected chi connectivity index (χ2v) is 10.2. The Balaban J connectivity index is 3.29. The number of nitrogens with two attached hydrogens (primary N) is 2. The first-order valence-corrected chi connectivity index (χ1v) is 10.1. The lowest BCUT2D eigenvalue weighted by atomic mass is 10.3. The van der Waals surface area contributed by atoms with E-state index in [1.54, 1.807) is 0 Å². The van der Waals surface area contributed by atoms with Crippen molar-refractivity contribution in [3.63, 3.8) is 0 Å². The lowest BCUT2D eigenvalue weighted by molar-refractivity contribution is 0.164. The SMILES string of the molecule is NS(=O)(=O)c1cc(S(N)(=O)=O)c(NC(=O)OCC(Cl)(Cl)Cl)cc1Cl. The Morgan fingerprint density at radius 3 is 2.00 bits per heavy atom. The zero-order chi connectivity index (χ0) is 18.9. The summed E-state index contributed by atoms with van der Waals surface area (Å²) in [6.07, 6.45) is -1.20. The highest BCUT2D eigenvalue weighted by Gasteiger charge is 2.25. The molecule has 1 aromatic carbocycles. The van der Waals surface area contributed by atoms with Gasteiger partial charge in [0.1, 0.15) is 16.4 Å². The molecule has 0 saturated heterocycles. The van der Waals surface area contributed by atoms with E-state index >= 15 is 0 Å². The number of ether oxygens (including phenoxy) is 1. The normalized spacial score (nSPS) is 12.8. The third-order valence-corrected chi connectivity index (χ3v) is 4.90. The number of alkyl halides is 3. The van der Waals surface area contributed by atoms with Crippen LogP contribution in [0.1, 0.15) is 0 Å². The molecule has 1 amide bonds. The second kappa shape index (κ2) is 7.38. The second-order valence-electron chi connectivity index (χ2n) is 4.19. The molecule has 9 nitrogen and oxygen atoms in total. The van der Waals surface area contributed by atoms with E-state index in [9.17, 15) is 21.6 Å². The Bertz CT molecular complexity index is 866. The van der Waals surface area contributed by atoms with Crippen LogP contribution >= 0.6 is 46.4 Å². The minimum atomic E-state index is -4.45. The van der Waals surface area contributed by atoms with Gasteiger partial charge in [-0.25, -0.2) is 31.9 Å². The zero-order valence-electron chi connectivity index (χ0n) is 11.3. The van der Waals surface area contributed by atoms with Crippen LogP contribution in [0.5, 0.6) is 0 Å². The Morgan fingerprint density at radius 1 is 1.08 bits per heavy atom. The fourth-order valence-electron chi connectivity index (χ4n) is 1.38. The van der Waals surface area contributed by atoms with E-state index in [0.717, 1.165) is 6.07 Å². The first-order valence-electron chi connectivity index (χ1n) is 5.51. The Hall–Kier alpha value is -0.530. The third-order valence-electron chi connectivity index (χ3n) is 2.25. The van der Waals surface area contributed by atoms with Gasteiger partial charge in [0, 0.05) is 0 Å². The van der Waals surface area contributed by atoms with Crippen LogP contribution in [0.3, 0.4) is 0 Å². The smallest absolute Gasteiger partial charge is 0.411 e. The molecule has 0 aliphatic rings. The van der Waals surface area contributed by atoms with Crippen LogP contribution in [0.2, 0.25) is 5.02 Å². The van der Waals surface area contributed by atoms with E-state index in [4.69, 9.17) is 56.7 Å². The number of hydrogen-bond acceptors (Lipinski definition) is 6. The number of sulfonamides is 2. The molecule has 15 heteroatoms. The number of nitrogens with one attached hydrogen (secondary N) is 1. The van der Waals surface area contributed by atoms with Crippen molar-refractivity contribution in [2.24, 2.45) is 10.3 Å². The summed E-state index contributed by atoms with van der Waals surface area (Å²) >= 11 is 21.9. The maximum atomic E-state index is 11.6. The maximum absolute atomic E-state index is 11.6. The van der Waals surface area contributed by atoms with Gasteiger partial charge in [-0.05, 0) is 12.1 Å². The van der Waals surface area contributed by atoms with Crippen molar-refractivity contribution in [1.82, 2.24) is 0 Å². The molecule has 1 rings (SSSR count). The Kier molecular flexibility index (Phi) is 6.61. The molecule has 5 N–H and O–H groups in total. The van der Waals surface area contributed by atoms with Crippen molar-refractivity contribution in [1.29, 1.82) is 0 Å². The highest BCUT2D eigenvalue weighted by atomic mass is 35.6. The van der Waals surface area contributed by atoms with Gasteiger partial charge in [0.25, 0.3) is 0 Å². The predicted molar refractivity (Wildman–Crippen MR) is 89.5 cm³/mol. The summed E-state index contributed by atoms with van der Waals surface area (Å²) in [5.41, 5.74) is -0.454. The Morgan fingerprint density at radius 2 is 1.58 bits per heavy atom. The van der Waals surface area contributed by atoms with Gasteiger partial charge >= 0.3 is 6.09 Å². The minimum Gasteiger partial charge on any atom is -0.445 e. The standard InChI is InChI=1S/C9H9Cl4N3O6S2/c10-4-1-5(16-8(17)22-3-9(11,12)13)7(24(15,20)21)2-6(4)23(14,18)19/h1-2H,3H2,(H,16,17)(H2,14,18,19)(H2,15,20,21). The number of benzene rings is 1. The number of rotatable bonds is 4. The average molecular weight is 461 g/mol. The van der Waals surface area contributed by atoms with Crippen LogP contribution in [0.25, 0.3) is 0 Å². The summed E-state index contributed by atoms with van der Waals surface area (Å²) in [5, 5.41) is 11.4. The van der Waals surface area contributed by atoms with Gasteiger partial charge in [0.2, 0.25) is 23.8 Å². The number of carbonyl (C=O) groups is 1. The third kappa shape index (κ3) is 6.41. The minimum absolute atomic E-state index is 0.454. The first-order chi connectivity index (χ1) is 10.6. The van der Waals surface area contributed by atoms with Crippen LogP contribution in [-0.2, 0) is 24.8 Å². The lowest BCUT2D eigenvalue weighted by Gasteiger charge is -2.14. The van der Waals surface area contributed by atoms with Gasteiger partial charge < -0.3 is 4.74 Å². The molecule has 0 aromatic heterocycles. The van der Waals surface area contributed by atoms with Gasteiger partial charge in [-0.3, -0.25) is 5.32 Å². The van der Waals surface area contributed by atoms with E-state index in [0.29, 0.717) is 6.07 Å². The predicted octanol–water partition coefficient (Wildman–Crippen LogP) is 1.55. The van der Waals surface area contributed by atoms with Crippen molar-refractivity contribution in [3.05, 3.63) is 17.2 Å². The van der Waals surface area contributed by atoms with Gasteiger partial charge in [-0.2, -0.15) is 0 Å². The number of anilines is 1. The van der Waals surface area contributed by atoms with Gasteiger partial charge in [-0.15, -0.1) is 0 Å². The number of carbonyl (C=O) groups excluding carboxylic acids is 1. The number of hydrogen-bond donors (Lipinski definition) is 3. The van der Waals surface area contributed by atoms with Crippen LogP contribution in [0.15, 0.2) is 21.9 Å². The first kappa shape index (κ1) is 21.5. The van der Waals surface area contributed by atoms with E-state index < -0.39 is 57.0 Å². The quantitative estimate of drug-likeness (QED) is 0.578. The molecule has 0 atom stereocenters. The summed E-state index contributed by atoms with van der Waals surface area (Å²) in [5.74, 6) is 0. The van der Waals surface area contributed by atoms with Gasteiger partial charge in [0.05, 0.1) is 10.7 Å². The van der Waals surface area contributed by atoms with Crippen molar-refractivity contribution in [3.8, 4) is 0 Å². The molecule has 24 heavy (non-hydrogen) atoms. The summed E-state index contributed by atoms with van der Waals surface area (Å²) in [6.45, 7) is -0.642. The molecule has 0 bridgehead atoms. The van der Waals surface area contributed by atoms with Crippen molar-refractivity contribution < 1.29 is 26.4 Å². The molecule has 0 unspecified atom stereocenters. The molecule has 0 heterocycles. The molecule has 0 aliphatic carbocycles.